The van der Waals surface area contributed by atoms with E-state index < -0.39 is 0 Å². The fraction of sp³-hybridized carbons (Fsp3) is 1.00. The third kappa shape index (κ3) is 11.4. The molecule has 0 saturated heterocycles. The Morgan fingerprint density at radius 1 is 0.818 bits per heavy atom. The van der Waals surface area contributed by atoms with Crippen molar-refractivity contribution in [2.45, 2.75) is 22.0 Å². The third-order valence-electron chi connectivity index (χ3n) is 1.04. The Morgan fingerprint density at radius 2 is 1.18 bits per heavy atom. The van der Waals surface area contributed by atoms with Crippen LogP contribution in [0.3, 0.4) is 0 Å². The number of rotatable bonds is 6. The lowest BCUT2D eigenvalue weighted by Gasteiger charge is -2.06. The van der Waals surface area contributed by atoms with Gasteiger partial charge in [0.1, 0.15) is 0 Å². The molecule has 0 amide bonds. The molecule has 11 heavy (non-hydrogen) atoms. The number of hydrogen-bond acceptors (Lipinski definition) is 5. The van der Waals surface area contributed by atoms with Crippen LogP contribution in [-0.2, 0) is 4.74 Å². The van der Waals surface area contributed by atoms with E-state index in [1.807, 2.05) is 0 Å². The van der Waals surface area contributed by atoms with E-state index in [0.29, 0.717) is 13.2 Å². The van der Waals surface area contributed by atoms with Crippen molar-refractivity contribution in [1.29, 1.82) is 0 Å². The van der Waals surface area contributed by atoms with Crippen LogP contribution in [0.1, 0.15) is 12.8 Å². The van der Waals surface area contributed by atoms with Crippen LogP contribution in [0, 0.1) is 0 Å². The lowest BCUT2D eigenvalue weighted by Crippen LogP contribution is -2.03. The highest BCUT2D eigenvalue weighted by atomic mass is 32.2. The summed E-state index contributed by atoms with van der Waals surface area (Å²) in [5.74, 6) is 0. The summed E-state index contributed by atoms with van der Waals surface area (Å²) in [5.41, 5.74) is 0. The predicted octanol–water partition coefficient (Wildman–Crippen LogP) is 2.15. The minimum absolute atomic E-state index is 0.123. The molecule has 0 spiro atoms. The Hall–Kier alpha value is 1.36. The summed E-state index contributed by atoms with van der Waals surface area (Å²) in [5, 5.41) is 0. The topological polar surface area (TPSA) is 9.23 Å². The third-order valence-corrected chi connectivity index (χ3v) is 2.07. The van der Waals surface area contributed by atoms with E-state index in [-0.39, 0.29) is 9.16 Å². The first-order valence-corrected chi connectivity index (χ1v) is 5.49. The maximum absolute atomic E-state index is 5.26. The fourth-order valence-corrected chi connectivity index (χ4v) is 0.901. The van der Waals surface area contributed by atoms with E-state index in [2.05, 4.69) is 50.5 Å². The molecule has 0 aliphatic carbocycles. The van der Waals surface area contributed by atoms with Gasteiger partial charge in [0.15, 0.2) is 0 Å². The summed E-state index contributed by atoms with van der Waals surface area (Å²) in [6.07, 6.45) is 1.74. The summed E-state index contributed by atoms with van der Waals surface area (Å²) in [4.78, 5) is 0. The predicted molar refractivity (Wildman–Crippen MR) is 63.6 cm³/mol. The molecule has 0 saturated carbocycles. The molecular weight excluding hydrogens is 216 g/mol. The Morgan fingerprint density at radius 3 is 1.45 bits per heavy atom. The van der Waals surface area contributed by atoms with E-state index in [1.165, 1.54) is 0 Å². The van der Waals surface area contributed by atoms with Crippen molar-refractivity contribution in [2.24, 2.45) is 0 Å². The first-order chi connectivity index (χ1) is 5.13. The zero-order valence-electron chi connectivity index (χ0n) is 6.18. The number of thiol groups is 4. The lowest BCUT2D eigenvalue weighted by atomic mass is 10.5. The normalized spacial score (nSPS) is 11.5. The van der Waals surface area contributed by atoms with Crippen molar-refractivity contribution in [3.05, 3.63) is 0 Å². The van der Waals surface area contributed by atoms with Gasteiger partial charge in [0.05, 0.1) is 0 Å². The van der Waals surface area contributed by atoms with Crippen LogP contribution in [0.5, 0.6) is 0 Å². The smallest absolute Gasteiger partial charge is 0.0484 e. The van der Waals surface area contributed by atoms with Crippen molar-refractivity contribution < 1.29 is 4.74 Å². The monoisotopic (exact) mass is 230 g/mol. The lowest BCUT2D eigenvalue weighted by molar-refractivity contribution is 0.135. The van der Waals surface area contributed by atoms with Crippen molar-refractivity contribution in [1.82, 2.24) is 0 Å². The molecule has 0 aromatic carbocycles. The van der Waals surface area contributed by atoms with Crippen LogP contribution < -0.4 is 0 Å². The second-order valence-corrected chi connectivity index (χ2v) is 5.46. The maximum Gasteiger partial charge on any atom is 0.0484 e. The Balaban J connectivity index is 2.91. The van der Waals surface area contributed by atoms with Crippen molar-refractivity contribution in [3.8, 4) is 0 Å². The zero-order valence-corrected chi connectivity index (χ0v) is 9.76. The highest BCUT2D eigenvalue weighted by molar-refractivity contribution is 7.99. The standard InChI is InChI=1S/C6H14OS4/c8-5(9)1-3-7-4-2-6(10)11/h5-6,8-11H,1-4H2. The second-order valence-electron chi connectivity index (χ2n) is 2.15. The molecule has 0 aromatic rings. The van der Waals surface area contributed by atoms with Crippen molar-refractivity contribution in [3.63, 3.8) is 0 Å². The second kappa shape index (κ2) is 7.98. The highest BCUT2D eigenvalue weighted by Gasteiger charge is 1.97. The minimum Gasteiger partial charge on any atom is -0.381 e. The number of ether oxygens (including phenoxy) is 1. The SMILES string of the molecule is SC(S)CCOCCC(S)S. The molecule has 0 rings (SSSR count). The Labute approximate surface area is 90.3 Å². The highest BCUT2D eigenvalue weighted by Crippen LogP contribution is 2.07. The summed E-state index contributed by atoms with van der Waals surface area (Å²) in [7, 11) is 0. The molecule has 0 aromatic heterocycles. The van der Waals surface area contributed by atoms with Gasteiger partial charge in [-0.2, -0.15) is 50.5 Å². The van der Waals surface area contributed by atoms with Crippen LogP contribution in [-0.4, -0.2) is 22.4 Å². The molecule has 1 nitrogen and oxygen atoms in total. The first-order valence-electron chi connectivity index (χ1n) is 3.43. The molecule has 0 fully saturated rings. The average Bonchev–Trinajstić information content (AvgIpc) is 1.85. The molecule has 0 aliphatic heterocycles. The molecule has 0 atom stereocenters. The molecule has 0 N–H and O–H groups in total. The minimum atomic E-state index is 0.123. The van der Waals surface area contributed by atoms with Crippen LogP contribution in [0.2, 0.25) is 0 Å². The van der Waals surface area contributed by atoms with Gasteiger partial charge in [0, 0.05) is 22.4 Å². The van der Waals surface area contributed by atoms with Crippen LogP contribution >= 0.6 is 50.5 Å². The molecule has 0 unspecified atom stereocenters. The van der Waals surface area contributed by atoms with Gasteiger partial charge >= 0.3 is 0 Å². The maximum atomic E-state index is 5.26. The average molecular weight is 230 g/mol. The van der Waals surface area contributed by atoms with E-state index in [9.17, 15) is 0 Å². The largest absolute Gasteiger partial charge is 0.381 e. The Bertz CT molecular complexity index is 76.7. The zero-order chi connectivity index (χ0) is 8.69. The van der Waals surface area contributed by atoms with Crippen molar-refractivity contribution in [2.75, 3.05) is 13.2 Å². The van der Waals surface area contributed by atoms with E-state index in [1.54, 1.807) is 0 Å². The van der Waals surface area contributed by atoms with Gasteiger partial charge in [0.2, 0.25) is 0 Å². The van der Waals surface area contributed by atoms with Crippen LogP contribution in [0.25, 0.3) is 0 Å². The summed E-state index contributed by atoms with van der Waals surface area (Å²) >= 11 is 16.4. The summed E-state index contributed by atoms with van der Waals surface area (Å²) in [6, 6.07) is 0. The van der Waals surface area contributed by atoms with Gasteiger partial charge in [-0.15, -0.1) is 0 Å². The van der Waals surface area contributed by atoms with Gasteiger partial charge < -0.3 is 4.74 Å². The molecule has 0 bridgehead atoms. The molecule has 68 valence electrons. The molecule has 0 heterocycles. The fourth-order valence-electron chi connectivity index (χ4n) is 0.480. The van der Waals surface area contributed by atoms with E-state index in [4.69, 9.17) is 4.74 Å². The molecule has 5 heteroatoms. The van der Waals surface area contributed by atoms with Gasteiger partial charge in [-0.3, -0.25) is 0 Å². The quantitative estimate of drug-likeness (QED) is 0.311. The summed E-state index contributed by atoms with van der Waals surface area (Å²) < 4.78 is 5.51. The van der Waals surface area contributed by atoms with E-state index >= 15 is 0 Å². The summed E-state index contributed by atoms with van der Waals surface area (Å²) in [6.45, 7) is 1.43. The van der Waals surface area contributed by atoms with Gasteiger partial charge in [-0.05, 0) is 12.8 Å². The van der Waals surface area contributed by atoms with Crippen LogP contribution in [0.15, 0.2) is 0 Å². The molecule has 0 aliphatic rings. The van der Waals surface area contributed by atoms with Crippen LogP contribution in [0.4, 0.5) is 0 Å². The van der Waals surface area contributed by atoms with Gasteiger partial charge in [-0.1, -0.05) is 0 Å². The number of hydrogen-bond donors (Lipinski definition) is 4. The van der Waals surface area contributed by atoms with E-state index in [0.717, 1.165) is 12.8 Å². The first kappa shape index (κ1) is 12.4. The van der Waals surface area contributed by atoms with Crippen molar-refractivity contribution >= 4 is 50.5 Å². The molecule has 0 radical (unpaired) electrons. The van der Waals surface area contributed by atoms with Gasteiger partial charge in [0.25, 0.3) is 0 Å². The Kier molecular flexibility index (Phi) is 8.97. The van der Waals surface area contributed by atoms with Gasteiger partial charge in [-0.25, -0.2) is 0 Å². The molecular formula is C6H14OS4.